The number of halogens is 4. The van der Waals surface area contributed by atoms with E-state index in [0.29, 0.717) is 43.6 Å². The molecule has 4 aromatic rings. The van der Waals surface area contributed by atoms with Crippen LogP contribution in [0.25, 0.3) is 21.9 Å². The summed E-state index contributed by atoms with van der Waals surface area (Å²) < 4.78 is 62.9. The molecule has 0 aliphatic carbocycles. The molecule has 13 heteroatoms. The van der Waals surface area contributed by atoms with Gasteiger partial charge in [0.25, 0.3) is 11.1 Å². The summed E-state index contributed by atoms with van der Waals surface area (Å²) in [6.45, 7) is 4.86. The molecule has 0 unspecified atom stereocenters. The van der Waals surface area contributed by atoms with Crippen molar-refractivity contribution < 1.29 is 22.3 Å². The summed E-state index contributed by atoms with van der Waals surface area (Å²) in [6, 6.07) is 5.48. The lowest BCUT2D eigenvalue weighted by Gasteiger charge is -2.31. The Morgan fingerprint density at radius 2 is 1.80 bits per heavy atom. The van der Waals surface area contributed by atoms with Crippen molar-refractivity contribution in [3.63, 3.8) is 0 Å². The Kier molecular flexibility index (Phi) is 7.08. The highest BCUT2D eigenvalue weighted by Gasteiger charge is 2.35. The number of rotatable bonds is 5. The first kappa shape index (κ1) is 27.3. The van der Waals surface area contributed by atoms with Crippen molar-refractivity contribution in [3.8, 4) is 11.1 Å². The van der Waals surface area contributed by atoms with Gasteiger partial charge in [-0.15, -0.1) is 0 Å². The lowest BCUT2D eigenvalue weighted by Crippen LogP contribution is -2.49. The molecule has 9 nitrogen and oxygen atoms in total. The third-order valence-corrected chi connectivity index (χ3v) is 6.85. The Bertz CT molecular complexity index is 1690. The monoisotopic (exact) mass is 558 g/mol. The molecule has 1 aliphatic heterocycles. The third kappa shape index (κ3) is 4.92. The molecule has 3 aromatic heterocycles. The Labute approximate surface area is 225 Å². The SMILES string of the molecule is Cc1ccc(-c2c(=O)n(N3CCOCC3)cc3c(N[C@H](C)c4cccc(C(F)(F)F)c4F)nn(C)c(=O)c23)cn1. The summed E-state index contributed by atoms with van der Waals surface area (Å²) >= 11 is 0. The molecule has 0 bridgehead atoms. The minimum Gasteiger partial charge on any atom is -0.378 e. The number of anilines is 1. The molecule has 4 heterocycles. The largest absolute Gasteiger partial charge is 0.419 e. The predicted molar refractivity (Wildman–Crippen MR) is 141 cm³/mol. The van der Waals surface area contributed by atoms with Gasteiger partial charge >= 0.3 is 6.18 Å². The number of fused-ring (bicyclic) bond motifs is 1. The summed E-state index contributed by atoms with van der Waals surface area (Å²) in [7, 11) is 1.40. The molecular formula is C27H26F4N6O3. The van der Waals surface area contributed by atoms with Crippen LogP contribution in [0, 0.1) is 12.7 Å². The zero-order valence-corrected chi connectivity index (χ0v) is 21.9. The molecule has 0 radical (unpaired) electrons. The average molecular weight is 559 g/mol. The van der Waals surface area contributed by atoms with Crippen molar-refractivity contribution in [2.24, 2.45) is 7.05 Å². The van der Waals surface area contributed by atoms with Gasteiger partial charge in [0.1, 0.15) is 5.82 Å². The number of hydrogen-bond acceptors (Lipinski definition) is 7. The second-order valence-electron chi connectivity index (χ2n) is 9.55. The van der Waals surface area contributed by atoms with E-state index in [1.807, 2.05) is 0 Å². The van der Waals surface area contributed by atoms with E-state index < -0.39 is 34.7 Å². The zero-order valence-electron chi connectivity index (χ0n) is 21.9. The maximum Gasteiger partial charge on any atom is 0.419 e. The van der Waals surface area contributed by atoms with Crippen LogP contribution in [0.1, 0.15) is 29.8 Å². The van der Waals surface area contributed by atoms with Crippen LogP contribution in [0.3, 0.4) is 0 Å². The average Bonchev–Trinajstić information content (AvgIpc) is 2.92. The van der Waals surface area contributed by atoms with Crippen LogP contribution >= 0.6 is 0 Å². The van der Waals surface area contributed by atoms with Crippen LogP contribution in [0.5, 0.6) is 0 Å². The molecule has 1 fully saturated rings. The maximum atomic E-state index is 15.0. The number of hydrogen-bond donors (Lipinski definition) is 1. The number of benzene rings is 1. The number of aromatic nitrogens is 4. The van der Waals surface area contributed by atoms with Crippen LogP contribution in [0.15, 0.2) is 52.3 Å². The molecule has 1 atom stereocenters. The molecule has 0 amide bonds. The lowest BCUT2D eigenvalue weighted by molar-refractivity contribution is -0.140. The van der Waals surface area contributed by atoms with Gasteiger partial charge < -0.3 is 15.1 Å². The molecule has 1 N–H and O–H groups in total. The van der Waals surface area contributed by atoms with Crippen molar-refractivity contribution in [1.82, 2.24) is 19.4 Å². The Morgan fingerprint density at radius 1 is 1.07 bits per heavy atom. The Morgan fingerprint density at radius 3 is 2.45 bits per heavy atom. The maximum absolute atomic E-state index is 15.0. The molecule has 0 saturated carbocycles. The Balaban J connectivity index is 1.74. The van der Waals surface area contributed by atoms with Gasteiger partial charge in [-0.1, -0.05) is 18.2 Å². The first-order valence-corrected chi connectivity index (χ1v) is 12.5. The summed E-state index contributed by atoms with van der Waals surface area (Å²) in [6.07, 6.45) is -1.89. The summed E-state index contributed by atoms with van der Waals surface area (Å²) in [5.74, 6) is -1.31. The van der Waals surface area contributed by atoms with Crippen molar-refractivity contribution in [2.45, 2.75) is 26.1 Å². The summed E-state index contributed by atoms with van der Waals surface area (Å²) in [5.41, 5.74) is -1.40. The van der Waals surface area contributed by atoms with Gasteiger partial charge in [0.15, 0.2) is 5.82 Å². The van der Waals surface area contributed by atoms with E-state index >= 15 is 0 Å². The van der Waals surface area contributed by atoms with E-state index in [0.717, 1.165) is 10.7 Å². The number of morpholine rings is 1. The van der Waals surface area contributed by atoms with Gasteiger partial charge in [0, 0.05) is 36.3 Å². The van der Waals surface area contributed by atoms with Crippen molar-refractivity contribution in [2.75, 3.05) is 36.6 Å². The van der Waals surface area contributed by atoms with Crippen LogP contribution in [-0.4, -0.2) is 45.7 Å². The van der Waals surface area contributed by atoms with Crippen molar-refractivity contribution in [1.29, 1.82) is 0 Å². The van der Waals surface area contributed by atoms with Crippen LogP contribution < -0.4 is 21.4 Å². The van der Waals surface area contributed by atoms with Gasteiger partial charge in [-0.25, -0.2) is 13.7 Å². The zero-order chi connectivity index (χ0) is 28.8. The highest BCUT2D eigenvalue weighted by molar-refractivity contribution is 6.00. The van der Waals surface area contributed by atoms with Gasteiger partial charge in [0.05, 0.1) is 54.2 Å². The lowest BCUT2D eigenvalue weighted by atomic mass is 10.0. The van der Waals surface area contributed by atoms with Crippen LogP contribution in [-0.2, 0) is 18.0 Å². The fourth-order valence-corrected chi connectivity index (χ4v) is 4.77. The standard InChI is InChI=1S/C27H26F4N6O3/c1-15-7-8-17(13-32-15)21-22-19(14-37(26(21)39)36-9-11-40-12-10-36)24(34-35(3)25(22)38)33-16(2)18-5-4-6-20(23(18)28)27(29,30)31/h4-8,13-14,16H,9-12H2,1-3H3,(H,33,34)/t16-/m1/s1. The molecule has 5 rings (SSSR count). The highest BCUT2D eigenvalue weighted by Crippen LogP contribution is 2.35. The molecule has 40 heavy (non-hydrogen) atoms. The summed E-state index contributed by atoms with van der Waals surface area (Å²) in [5, 5.41) is 9.34. The van der Waals surface area contributed by atoms with Crippen LogP contribution in [0.2, 0.25) is 0 Å². The molecule has 210 valence electrons. The normalized spacial score (nSPS) is 14.9. The van der Waals surface area contributed by atoms with Gasteiger partial charge in [0.2, 0.25) is 0 Å². The number of pyridine rings is 2. The third-order valence-electron chi connectivity index (χ3n) is 6.85. The number of ether oxygens (including phenoxy) is 1. The van der Waals surface area contributed by atoms with Gasteiger partial charge in [-0.2, -0.15) is 18.3 Å². The molecule has 1 aromatic carbocycles. The van der Waals surface area contributed by atoms with E-state index in [1.54, 1.807) is 24.1 Å². The van der Waals surface area contributed by atoms with Crippen molar-refractivity contribution >= 4 is 16.6 Å². The molecule has 0 spiro atoms. The van der Waals surface area contributed by atoms with E-state index in [4.69, 9.17) is 4.74 Å². The van der Waals surface area contributed by atoms with E-state index in [2.05, 4.69) is 15.4 Å². The minimum atomic E-state index is -4.87. The molecular weight excluding hydrogens is 532 g/mol. The fraction of sp³-hybridized carbons (Fsp3) is 0.333. The first-order chi connectivity index (χ1) is 19.0. The van der Waals surface area contributed by atoms with Crippen molar-refractivity contribution in [3.05, 3.63) is 86.1 Å². The van der Waals surface area contributed by atoms with Gasteiger partial charge in [-0.05, 0) is 26.0 Å². The second-order valence-corrected chi connectivity index (χ2v) is 9.55. The van der Waals surface area contributed by atoms with E-state index in [-0.39, 0.29) is 27.7 Å². The van der Waals surface area contributed by atoms with E-state index in [9.17, 15) is 27.2 Å². The first-order valence-electron chi connectivity index (χ1n) is 12.5. The second kappa shape index (κ2) is 10.4. The minimum absolute atomic E-state index is 0.0527. The van der Waals surface area contributed by atoms with Gasteiger partial charge in [-0.3, -0.25) is 14.6 Å². The number of nitrogens with zero attached hydrogens (tertiary/aromatic N) is 5. The summed E-state index contributed by atoms with van der Waals surface area (Å²) in [4.78, 5) is 31.6. The topological polar surface area (TPSA) is 94.3 Å². The Hall–Kier alpha value is -4.26. The molecule has 1 saturated heterocycles. The fourth-order valence-electron chi connectivity index (χ4n) is 4.77. The quantitative estimate of drug-likeness (QED) is 0.373. The smallest absolute Gasteiger partial charge is 0.378 e. The predicted octanol–water partition coefficient (Wildman–Crippen LogP) is 3.76. The number of alkyl halides is 3. The number of nitrogens with one attached hydrogen (secondary N) is 1. The number of aryl methyl sites for hydroxylation is 2. The van der Waals surface area contributed by atoms with Crippen LogP contribution in [0.4, 0.5) is 23.4 Å². The molecule has 1 aliphatic rings. The highest BCUT2D eigenvalue weighted by atomic mass is 19.4. The van der Waals surface area contributed by atoms with E-state index in [1.165, 1.54) is 37.1 Å².